The van der Waals surface area contributed by atoms with E-state index in [1.807, 2.05) is 18.2 Å². The predicted molar refractivity (Wildman–Crippen MR) is 75.1 cm³/mol. The van der Waals surface area contributed by atoms with Gasteiger partial charge in [-0.25, -0.2) is 4.98 Å². The fourth-order valence-corrected chi connectivity index (χ4v) is 2.22. The topological polar surface area (TPSA) is 84.4 Å². The van der Waals surface area contributed by atoms with Gasteiger partial charge in [-0.3, -0.25) is 4.79 Å². The number of rotatable bonds is 2. The Morgan fingerprint density at radius 1 is 1.30 bits per heavy atom. The van der Waals surface area contributed by atoms with Gasteiger partial charge < -0.3 is 20.4 Å². The first kappa shape index (κ1) is 12.7. The number of amides is 1. The van der Waals surface area contributed by atoms with Gasteiger partial charge in [0.1, 0.15) is 6.26 Å². The summed E-state index contributed by atoms with van der Waals surface area (Å²) in [5, 5.41) is 3.21. The van der Waals surface area contributed by atoms with Crippen molar-refractivity contribution in [2.45, 2.75) is 0 Å². The SMILES string of the molecule is Nc1ccccc1-c1nc(C(=O)N2CCNCC2)co1. The summed E-state index contributed by atoms with van der Waals surface area (Å²) < 4.78 is 5.39. The number of nitrogens with zero attached hydrogens (tertiary/aromatic N) is 2. The number of para-hydroxylation sites is 1. The fraction of sp³-hybridized carbons (Fsp3) is 0.286. The fourth-order valence-electron chi connectivity index (χ4n) is 2.22. The lowest BCUT2D eigenvalue weighted by atomic mass is 10.2. The largest absolute Gasteiger partial charge is 0.444 e. The highest BCUT2D eigenvalue weighted by molar-refractivity contribution is 5.92. The minimum absolute atomic E-state index is 0.101. The summed E-state index contributed by atoms with van der Waals surface area (Å²) in [5.41, 5.74) is 7.48. The molecule has 0 saturated carbocycles. The molecule has 1 aliphatic heterocycles. The first-order valence-electron chi connectivity index (χ1n) is 6.56. The molecule has 0 aliphatic carbocycles. The van der Waals surface area contributed by atoms with Crippen molar-refractivity contribution >= 4 is 11.6 Å². The first-order chi connectivity index (χ1) is 9.75. The molecule has 1 aliphatic rings. The van der Waals surface area contributed by atoms with Crippen LogP contribution in [-0.2, 0) is 0 Å². The van der Waals surface area contributed by atoms with Gasteiger partial charge in [-0.05, 0) is 12.1 Å². The van der Waals surface area contributed by atoms with Crippen LogP contribution in [0, 0.1) is 0 Å². The molecular formula is C14H16N4O2. The van der Waals surface area contributed by atoms with Crippen molar-refractivity contribution in [3.8, 4) is 11.5 Å². The van der Waals surface area contributed by atoms with Crippen LogP contribution < -0.4 is 11.1 Å². The van der Waals surface area contributed by atoms with Gasteiger partial charge in [0.05, 0.1) is 5.56 Å². The number of anilines is 1. The summed E-state index contributed by atoms with van der Waals surface area (Å²) in [5.74, 6) is 0.276. The van der Waals surface area contributed by atoms with E-state index in [1.165, 1.54) is 6.26 Å². The predicted octanol–water partition coefficient (Wildman–Crippen LogP) is 0.969. The maximum absolute atomic E-state index is 12.3. The van der Waals surface area contributed by atoms with E-state index in [1.54, 1.807) is 11.0 Å². The molecular weight excluding hydrogens is 256 g/mol. The zero-order valence-electron chi connectivity index (χ0n) is 11.0. The summed E-state index contributed by atoms with van der Waals surface area (Å²) in [4.78, 5) is 18.3. The van der Waals surface area contributed by atoms with Crippen molar-refractivity contribution in [2.75, 3.05) is 31.9 Å². The smallest absolute Gasteiger partial charge is 0.275 e. The number of aromatic nitrogens is 1. The number of piperazine rings is 1. The second kappa shape index (κ2) is 5.34. The number of nitrogen functional groups attached to an aromatic ring is 1. The van der Waals surface area contributed by atoms with Crippen molar-refractivity contribution in [2.24, 2.45) is 0 Å². The quantitative estimate of drug-likeness (QED) is 0.796. The minimum Gasteiger partial charge on any atom is -0.444 e. The molecule has 1 fully saturated rings. The van der Waals surface area contributed by atoms with Crippen molar-refractivity contribution in [3.05, 3.63) is 36.2 Å². The molecule has 1 aromatic carbocycles. The van der Waals surface area contributed by atoms with Gasteiger partial charge in [0.15, 0.2) is 5.69 Å². The molecule has 0 unspecified atom stereocenters. The Labute approximate surface area is 116 Å². The van der Waals surface area contributed by atoms with Crippen LogP contribution in [0.4, 0.5) is 5.69 Å². The molecule has 0 radical (unpaired) electrons. The molecule has 3 rings (SSSR count). The zero-order chi connectivity index (χ0) is 13.9. The van der Waals surface area contributed by atoms with Gasteiger partial charge in [0, 0.05) is 31.9 Å². The monoisotopic (exact) mass is 272 g/mol. The van der Waals surface area contributed by atoms with E-state index in [0.717, 1.165) is 13.1 Å². The van der Waals surface area contributed by atoms with E-state index in [2.05, 4.69) is 10.3 Å². The maximum atomic E-state index is 12.3. The molecule has 20 heavy (non-hydrogen) atoms. The number of nitrogens with two attached hydrogens (primary N) is 1. The number of carbonyl (C=O) groups excluding carboxylic acids is 1. The third kappa shape index (κ3) is 2.37. The normalized spacial score (nSPS) is 15.3. The zero-order valence-corrected chi connectivity index (χ0v) is 11.0. The maximum Gasteiger partial charge on any atom is 0.275 e. The number of nitrogens with one attached hydrogen (secondary N) is 1. The Morgan fingerprint density at radius 3 is 2.80 bits per heavy atom. The second-order valence-corrected chi connectivity index (χ2v) is 4.67. The van der Waals surface area contributed by atoms with Crippen molar-refractivity contribution in [1.82, 2.24) is 15.2 Å². The van der Waals surface area contributed by atoms with E-state index in [4.69, 9.17) is 10.2 Å². The van der Waals surface area contributed by atoms with Crippen LogP contribution in [0.5, 0.6) is 0 Å². The lowest BCUT2D eigenvalue weighted by molar-refractivity contribution is 0.0730. The molecule has 0 bridgehead atoms. The van der Waals surface area contributed by atoms with Crippen molar-refractivity contribution in [3.63, 3.8) is 0 Å². The van der Waals surface area contributed by atoms with Crippen LogP contribution in [0.1, 0.15) is 10.5 Å². The lowest BCUT2D eigenvalue weighted by Crippen LogP contribution is -2.46. The lowest BCUT2D eigenvalue weighted by Gasteiger charge is -2.26. The number of benzene rings is 1. The minimum atomic E-state index is -0.101. The number of hydrogen-bond acceptors (Lipinski definition) is 5. The van der Waals surface area contributed by atoms with Gasteiger partial charge in [-0.1, -0.05) is 12.1 Å². The van der Waals surface area contributed by atoms with Crippen LogP contribution in [0.15, 0.2) is 34.9 Å². The molecule has 3 N–H and O–H groups in total. The van der Waals surface area contributed by atoms with E-state index in [0.29, 0.717) is 35.9 Å². The number of hydrogen-bond donors (Lipinski definition) is 2. The standard InChI is InChI=1S/C14H16N4O2/c15-11-4-2-1-3-10(11)13-17-12(9-20-13)14(19)18-7-5-16-6-8-18/h1-4,9,16H,5-8,15H2. The Balaban J connectivity index is 1.83. The average molecular weight is 272 g/mol. The molecule has 2 aromatic rings. The van der Waals surface area contributed by atoms with Gasteiger partial charge >= 0.3 is 0 Å². The van der Waals surface area contributed by atoms with Gasteiger partial charge in [0.25, 0.3) is 5.91 Å². The molecule has 0 atom stereocenters. The highest BCUT2D eigenvalue weighted by Gasteiger charge is 2.21. The number of carbonyl (C=O) groups is 1. The molecule has 1 saturated heterocycles. The highest BCUT2D eigenvalue weighted by atomic mass is 16.3. The summed E-state index contributed by atoms with van der Waals surface area (Å²) in [6, 6.07) is 7.29. The number of oxazole rings is 1. The summed E-state index contributed by atoms with van der Waals surface area (Å²) in [7, 11) is 0. The molecule has 104 valence electrons. The van der Waals surface area contributed by atoms with Crippen molar-refractivity contribution in [1.29, 1.82) is 0 Å². The van der Waals surface area contributed by atoms with E-state index < -0.39 is 0 Å². The Hall–Kier alpha value is -2.34. The van der Waals surface area contributed by atoms with Crippen LogP contribution in [0.25, 0.3) is 11.5 Å². The van der Waals surface area contributed by atoms with Gasteiger partial charge in [-0.15, -0.1) is 0 Å². The van der Waals surface area contributed by atoms with E-state index in [-0.39, 0.29) is 5.91 Å². The van der Waals surface area contributed by atoms with E-state index in [9.17, 15) is 4.79 Å². The molecule has 1 amide bonds. The van der Waals surface area contributed by atoms with E-state index >= 15 is 0 Å². The van der Waals surface area contributed by atoms with Crippen LogP contribution in [0.2, 0.25) is 0 Å². The van der Waals surface area contributed by atoms with Crippen LogP contribution >= 0.6 is 0 Å². The van der Waals surface area contributed by atoms with Gasteiger partial charge in [0.2, 0.25) is 5.89 Å². The Bertz CT molecular complexity index is 617. The summed E-state index contributed by atoms with van der Waals surface area (Å²) >= 11 is 0. The molecule has 1 aromatic heterocycles. The Morgan fingerprint density at radius 2 is 2.05 bits per heavy atom. The summed E-state index contributed by atoms with van der Waals surface area (Å²) in [6.07, 6.45) is 1.39. The first-order valence-corrected chi connectivity index (χ1v) is 6.56. The Kier molecular flexibility index (Phi) is 3.39. The van der Waals surface area contributed by atoms with Crippen molar-refractivity contribution < 1.29 is 9.21 Å². The second-order valence-electron chi connectivity index (χ2n) is 4.67. The third-order valence-corrected chi connectivity index (χ3v) is 3.32. The van der Waals surface area contributed by atoms with Crippen LogP contribution in [0.3, 0.4) is 0 Å². The molecule has 6 heteroatoms. The van der Waals surface area contributed by atoms with Crippen LogP contribution in [-0.4, -0.2) is 42.0 Å². The average Bonchev–Trinajstić information content (AvgIpc) is 2.97. The highest BCUT2D eigenvalue weighted by Crippen LogP contribution is 2.24. The summed E-state index contributed by atoms with van der Waals surface area (Å²) in [6.45, 7) is 2.99. The molecule has 6 nitrogen and oxygen atoms in total. The third-order valence-electron chi connectivity index (χ3n) is 3.32. The molecule has 0 spiro atoms. The van der Waals surface area contributed by atoms with Gasteiger partial charge in [-0.2, -0.15) is 0 Å². The molecule has 2 heterocycles.